The van der Waals surface area contributed by atoms with Gasteiger partial charge in [-0.1, -0.05) is 6.92 Å². The lowest BCUT2D eigenvalue weighted by Crippen LogP contribution is -2.29. The molecule has 0 bridgehead atoms. The Labute approximate surface area is 119 Å². The van der Waals surface area contributed by atoms with Gasteiger partial charge in [0.25, 0.3) is 0 Å². The second-order valence-electron chi connectivity index (χ2n) is 4.76. The van der Waals surface area contributed by atoms with Crippen molar-refractivity contribution in [1.29, 1.82) is 0 Å². The summed E-state index contributed by atoms with van der Waals surface area (Å²) >= 11 is 0. The number of hydrogen-bond donors (Lipinski definition) is 0. The normalized spacial score (nSPS) is 14.8. The summed E-state index contributed by atoms with van der Waals surface area (Å²) in [6.07, 6.45) is 0.247. The largest absolute Gasteiger partial charge is 0.463 e. The van der Waals surface area contributed by atoms with E-state index in [4.69, 9.17) is 14.2 Å². The molecule has 3 unspecified atom stereocenters. The smallest absolute Gasteiger partial charge is 0.302 e. The van der Waals surface area contributed by atoms with Crippen LogP contribution in [0.5, 0.6) is 0 Å². The van der Waals surface area contributed by atoms with Crippen LogP contribution in [0.25, 0.3) is 0 Å². The van der Waals surface area contributed by atoms with Gasteiger partial charge in [-0.05, 0) is 13.3 Å². The molecule has 20 heavy (non-hydrogen) atoms. The molecule has 0 aliphatic rings. The summed E-state index contributed by atoms with van der Waals surface area (Å²) in [7, 11) is 0. The van der Waals surface area contributed by atoms with Gasteiger partial charge in [-0.2, -0.15) is 0 Å². The van der Waals surface area contributed by atoms with Crippen LogP contribution in [0.4, 0.5) is 0 Å². The number of esters is 3. The average Bonchev–Trinajstić information content (AvgIpc) is 2.24. The highest BCUT2D eigenvalue weighted by atomic mass is 16.6. The lowest BCUT2D eigenvalue weighted by Gasteiger charge is -2.24. The Kier molecular flexibility index (Phi) is 8.59. The maximum Gasteiger partial charge on any atom is 0.302 e. The first-order chi connectivity index (χ1) is 9.24. The molecule has 0 heterocycles. The molecule has 0 aromatic carbocycles. The maximum atomic E-state index is 11.1. The molecular formula is C14H24O6. The summed E-state index contributed by atoms with van der Waals surface area (Å²) in [5, 5.41) is 0. The third-order valence-corrected chi connectivity index (χ3v) is 2.61. The Hall–Kier alpha value is -1.59. The molecule has 0 aliphatic carbocycles. The third kappa shape index (κ3) is 9.35. The van der Waals surface area contributed by atoms with Gasteiger partial charge in [0.05, 0.1) is 0 Å². The molecule has 6 heteroatoms. The van der Waals surface area contributed by atoms with E-state index in [-0.39, 0.29) is 24.1 Å². The monoisotopic (exact) mass is 288 g/mol. The van der Waals surface area contributed by atoms with Crippen molar-refractivity contribution in [3.63, 3.8) is 0 Å². The van der Waals surface area contributed by atoms with Crippen LogP contribution in [-0.2, 0) is 28.6 Å². The summed E-state index contributed by atoms with van der Waals surface area (Å²) in [4.78, 5) is 33.0. The lowest BCUT2D eigenvalue weighted by atomic mass is 10.0. The molecule has 0 saturated carbocycles. The van der Waals surface area contributed by atoms with Crippen molar-refractivity contribution in [3.8, 4) is 0 Å². The lowest BCUT2D eigenvalue weighted by molar-refractivity contribution is -0.155. The van der Waals surface area contributed by atoms with Crippen molar-refractivity contribution < 1.29 is 28.6 Å². The molecular weight excluding hydrogens is 264 g/mol. The highest BCUT2D eigenvalue weighted by molar-refractivity contribution is 5.67. The van der Waals surface area contributed by atoms with Gasteiger partial charge >= 0.3 is 17.9 Å². The summed E-state index contributed by atoms with van der Waals surface area (Å²) in [6.45, 7) is 7.59. The Morgan fingerprint density at radius 3 is 1.65 bits per heavy atom. The summed E-state index contributed by atoms with van der Waals surface area (Å²) in [5.41, 5.74) is 0. The summed E-state index contributed by atoms with van der Waals surface area (Å²) in [5.74, 6) is -1.17. The van der Waals surface area contributed by atoms with Gasteiger partial charge in [0.15, 0.2) is 0 Å². The molecule has 0 spiro atoms. The van der Waals surface area contributed by atoms with E-state index in [1.54, 1.807) is 6.92 Å². The van der Waals surface area contributed by atoms with E-state index < -0.39 is 12.1 Å². The minimum Gasteiger partial charge on any atom is -0.463 e. The van der Waals surface area contributed by atoms with Crippen molar-refractivity contribution in [2.75, 3.05) is 0 Å². The predicted octanol–water partition coefficient (Wildman–Crippen LogP) is 1.99. The molecule has 0 saturated heterocycles. The van der Waals surface area contributed by atoms with Crippen molar-refractivity contribution in [3.05, 3.63) is 0 Å². The first kappa shape index (κ1) is 18.4. The van der Waals surface area contributed by atoms with Gasteiger partial charge in [0.2, 0.25) is 0 Å². The number of hydrogen-bond acceptors (Lipinski definition) is 6. The molecule has 0 aromatic heterocycles. The minimum absolute atomic E-state index is 0.318. The van der Waals surface area contributed by atoms with Crippen molar-refractivity contribution in [1.82, 2.24) is 0 Å². The SMILES string of the molecule is CCC(CC(CC(C)OC(C)=O)OC(C)=O)OC(C)=O. The van der Waals surface area contributed by atoms with E-state index in [2.05, 4.69) is 0 Å². The van der Waals surface area contributed by atoms with Crippen LogP contribution < -0.4 is 0 Å². The first-order valence-corrected chi connectivity index (χ1v) is 6.76. The standard InChI is InChI=1S/C14H24O6/c1-6-13(19-11(4)16)8-14(20-12(5)17)7-9(2)18-10(3)15/h9,13-14H,6-8H2,1-5H3. The zero-order chi connectivity index (χ0) is 15.7. The van der Waals surface area contributed by atoms with Crippen LogP contribution in [0.15, 0.2) is 0 Å². The molecule has 0 amide bonds. The molecule has 116 valence electrons. The average molecular weight is 288 g/mol. The van der Waals surface area contributed by atoms with E-state index in [9.17, 15) is 14.4 Å². The van der Waals surface area contributed by atoms with Gasteiger partial charge in [0.1, 0.15) is 18.3 Å². The van der Waals surface area contributed by atoms with Crippen LogP contribution in [0, 0.1) is 0 Å². The van der Waals surface area contributed by atoms with Crippen molar-refractivity contribution in [2.24, 2.45) is 0 Å². The zero-order valence-corrected chi connectivity index (χ0v) is 12.8. The first-order valence-electron chi connectivity index (χ1n) is 6.76. The Morgan fingerprint density at radius 2 is 1.25 bits per heavy atom. The van der Waals surface area contributed by atoms with Crippen molar-refractivity contribution in [2.45, 2.75) is 72.2 Å². The Morgan fingerprint density at radius 1 is 0.800 bits per heavy atom. The second-order valence-corrected chi connectivity index (χ2v) is 4.76. The topological polar surface area (TPSA) is 78.9 Å². The fraction of sp³-hybridized carbons (Fsp3) is 0.786. The minimum atomic E-state index is -0.453. The number of ether oxygens (including phenoxy) is 3. The van der Waals surface area contributed by atoms with Crippen LogP contribution in [0.3, 0.4) is 0 Å². The fourth-order valence-electron chi connectivity index (χ4n) is 1.95. The molecule has 0 radical (unpaired) electrons. The maximum absolute atomic E-state index is 11.1. The van der Waals surface area contributed by atoms with E-state index in [1.807, 2.05) is 6.92 Å². The van der Waals surface area contributed by atoms with Crippen molar-refractivity contribution >= 4 is 17.9 Å². The van der Waals surface area contributed by atoms with E-state index >= 15 is 0 Å². The summed E-state index contributed by atoms with van der Waals surface area (Å²) < 4.78 is 15.4. The van der Waals surface area contributed by atoms with E-state index in [0.29, 0.717) is 19.3 Å². The van der Waals surface area contributed by atoms with Crippen LogP contribution in [-0.4, -0.2) is 36.2 Å². The van der Waals surface area contributed by atoms with Crippen LogP contribution in [0.1, 0.15) is 53.9 Å². The highest BCUT2D eigenvalue weighted by Crippen LogP contribution is 2.16. The molecule has 0 aromatic rings. The van der Waals surface area contributed by atoms with Gasteiger partial charge in [0, 0.05) is 33.6 Å². The number of carbonyl (C=O) groups is 3. The van der Waals surface area contributed by atoms with Gasteiger partial charge in [-0.15, -0.1) is 0 Å². The second kappa shape index (κ2) is 9.34. The fourth-order valence-corrected chi connectivity index (χ4v) is 1.95. The molecule has 3 atom stereocenters. The van der Waals surface area contributed by atoms with Crippen LogP contribution >= 0.6 is 0 Å². The third-order valence-electron chi connectivity index (χ3n) is 2.61. The Bertz CT molecular complexity index is 339. The molecule has 0 rings (SSSR count). The number of carbonyl (C=O) groups excluding carboxylic acids is 3. The van der Waals surface area contributed by atoms with Crippen LogP contribution in [0.2, 0.25) is 0 Å². The van der Waals surface area contributed by atoms with Gasteiger partial charge in [-0.3, -0.25) is 14.4 Å². The Balaban J connectivity index is 4.56. The van der Waals surface area contributed by atoms with E-state index in [0.717, 1.165) is 0 Å². The van der Waals surface area contributed by atoms with E-state index in [1.165, 1.54) is 20.8 Å². The molecule has 6 nitrogen and oxygen atoms in total. The molecule has 0 N–H and O–H groups in total. The zero-order valence-electron chi connectivity index (χ0n) is 12.8. The summed E-state index contributed by atoms with van der Waals surface area (Å²) in [6, 6.07) is 0. The van der Waals surface area contributed by atoms with Gasteiger partial charge in [-0.25, -0.2) is 0 Å². The predicted molar refractivity (Wildman–Crippen MR) is 71.9 cm³/mol. The molecule has 0 fully saturated rings. The van der Waals surface area contributed by atoms with Gasteiger partial charge < -0.3 is 14.2 Å². The quantitative estimate of drug-likeness (QED) is 0.502. The molecule has 0 aliphatic heterocycles. The number of rotatable bonds is 8. The highest BCUT2D eigenvalue weighted by Gasteiger charge is 2.23.